The van der Waals surface area contributed by atoms with E-state index < -0.39 is 35.4 Å². The Kier molecular flexibility index (Phi) is 5.89. The first-order valence-corrected chi connectivity index (χ1v) is 9.67. The standard InChI is InChI=1S/C20H17F4N7O2/c1-11(33-2)18-13(10-25-17-8-16(21)29-30(17)18)7-14(32)5-12-6-15(20(22,23)24)19(26-9-12)31-27-3-4-28-31/h3-4,6,8-11H,5,7H2,1-2H3/t11-/m0/s1. The number of rotatable bonds is 7. The van der Waals surface area contributed by atoms with Gasteiger partial charge in [-0.15, -0.1) is 9.90 Å². The molecule has 0 spiro atoms. The van der Waals surface area contributed by atoms with Crippen LogP contribution in [-0.2, 0) is 28.5 Å². The van der Waals surface area contributed by atoms with Gasteiger partial charge in [-0.2, -0.15) is 27.8 Å². The number of alkyl halides is 3. The highest BCUT2D eigenvalue weighted by Gasteiger charge is 2.36. The molecule has 0 aliphatic carbocycles. The summed E-state index contributed by atoms with van der Waals surface area (Å²) in [7, 11) is 1.45. The van der Waals surface area contributed by atoms with Gasteiger partial charge in [0.2, 0.25) is 5.95 Å². The molecule has 9 nitrogen and oxygen atoms in total. The van der Waals surface area contributed by atoms with Gasteiger partial charge < -0.3 is 4.74 Å². The van der Waals surface area contributed by atoms with Gasteiger partial charge in [0.05, 0.1) is 24.2 Å². The number of aromatic nitrogens is 7. The molecule has 33 heavy (non-hydrogen) atoms. The summed E-state index contributed by atoms with van der Waals surface area (Å²) in [4.78, 5) is 21.4. The smallest absolute Gasteiger partial charge is 0.375 e. The molecule has 0 radical (unpaired) electrons. The van der Waals surface area contributed by atoms with Crippen LogP contribution in [0, 0.1) is 5.95 Å². The summed E-state index contributed by atoms with van der Waals surface area (Å²) in [5.74, 6) is -1.63. The van der Waals surface area contributed by atoms with Gasteiger partial charge in [0, 0.05) is 44.0 Å². The quantitative estimate of drug-likeness (QED) is 0.389. The zero-order chi connectivity index (χ0) is 23.8. The molecule has 0 saturated heterocycles. The number of pyridine rings is 1. The highest BCUT2D eigenvalue weighted by atomic mass is 19.4. The first-order chi connectivity index (χ1) is 15.7. The second-order valence-electron chi connectivity index (χ2n) is 7.21. The maximum atomic E-state index is 13.6. The van der Waals surface area contributed by atoms with E-state index in [1.165, 1.54) is 36.4 Å². The average Bonchev–Trinajstić information content (AvgIpc) is 3.41. The SMILES string of the molecule is CO[C@@H](C)c1c(CC(=O)Cc2cnc(-n3nccn3)c(C(F)(F)F)c2)cnc2cc(F)nn12. The predicted octanol–water partition coefficient (Wildman–Crippen LogP) is 2.92. The minimum absolute atomic E-state index is 0.0729. The Labute approximate surface area is 184 Å². The number of ether oxygens (including phenoxy) is 1. The monoisotopic (exact) mass is 463 g/mol. The number of nitrogens with zero attached hydrogens (tertiary/aromatic N) is 7. The van der Waals surface area contributed by atoms with Gasteiger partial charge in [-0.3, -0.25) is 4.79 Å². The lowest BCUT2D eigenvalue weighted by Gasteiger charge is -2.16. The van der Waals surface area contributed by atoms with Crippen molar-refractivity contribution in [2.75, 3.05) is 7.11 Å². The van der Waals surface area contributed by atoms with Crippen LogP contribution in [0.15, 0.2) is 36.9 Å². The summed E-state index contributed by atoms with van der Waals surface area (Å²) in [5.41, 5.74) is 0.0984. The minimum Gasteiger partial charge on any atom is -0.375 e. The first kappa shape index (κ1) is 22.5. The molecule has 0 bridgehead atoms. The third-order valence-electron chi connectivity index (χ3n) is 4.94. The highest BCUT2D eigenvalue weighted by Crippen LogP contribution is 2.33. The molecule has 0 fully saturated rings. The summed E-state index contributed by atoms with van der Waals surface area (Å²) in [6.07, 6.45) is -0.707. The number of methoxy groups -OCH3 is 1. The van der Waals surface area contributed by atoms with Crippen LogP contribution in [0.25, 0.3) is 11.5 Å². The second kappa shape index (κ2) is 8.65. The molecular weight excluding hydrogens is 446 g/mol. The molecule has 4 heterocycles. The van der Waals surface area contributed by atoms with Crippen molar-refractivity contribution in [3.63, 3.8) is 0 Å². The molecule has 0 saturated carbocycles. The zero-order valence-corrected chi connectivity index (χ0v) is 17.4. The Hall–Kier alpha value is -3.74. The van der Waals surface area contributed by atoms with Crippen molar-refractivity contribution < 1.29 is 27.1 Å². The molecule has 4 aromatic heterocycles. The van der Waals surface area contributed by atoms with Gasteiger partial charge in [-0.25, -0.2) is 14.5 Å². The Morgan fingerprint density at radius 3 is 2.52 bits per heavy atom. The third-order valence-corrected chi connectivity index (χ3v) is 4.94. The molecule has 172 valence electrons. The molecule has 0 amide bonds. The van der Waals surface area contributed by atoms with E-state index in [2.05, 4.69) is 25.3 Å². The fourth-order valence-corrected chi connectivity index (χ4v) is 3.43. The largest absolute Gasteiger partial charge is 0.420 e. The van der Waals surface area contributed by atoms with Gasteiger partial charge in [0.15, 0.2) is 11.5 Å². The first-order valence-electron chi connectivity index (χ1n) is 9.67. The molecule has 0 N–H and O–H groups in total. The molecule has 4 rings (SSSR count). The van der Waals surface area contributed by atoms with Crippen molar-refractivity contribution in [3.8, 4) is 5.82 Å². The number of halogens is 4. The maximum Gasteiger partial charge on any atom is 0.420 e. The molecule has 0 aliphatic heterocycles. The minimum atomic E-state index is -4.73. The predicted molar refractivity (Wildman–Crippen MR) is 105 cm³/mol. The van der Waals surface area contributed by atoms with Crippen molar-refractivity contribution in [1.82, 2.24) is 34.6 Å². The van der Waals surface area contributed by atoms with E-state index >= 15 is 0 Å². The Balaban J connectivity index is 1.63. The number of hydrogen-bond donors (Lipinski definition) is 0. The Bertz CT molecular complexity index is 1300. The zero-order valence-electron chi connectivity index (χ0n) is 17.4. The molecule has 4 aromatic rings. The van der Waals surface area contributed by atoms with Crippen LogP contribution in [0.5, 0.6) is 0 Å². The average molecular weight is 463 g/mol. The van der Waals surface area contributed by atoms with Gasteiger partial charge in [-0.05, 0) is 18.6 Å². The third kappa shape index (κ3) is 4.58. The molecule has 0 aromatic carbocycles. The normalized spacial score (nSPS) is 12.9. The van der Waals surface area contributed by atoms with E-state index in [1.54, 1.807) is 6.92 Å². The lowest BCUT2D eigenvalue weighted by Crippen LogP contribution is -2.17. The summed E-state index contributed by atoms with van der Waals surface area (Å²) >= 11 is 0. The second-order valence-corrected chi connectivity index (χ2v) is 7.21. The Morgan fingerprint density at radius 1 is 1.12 bits per heavy atom. The molecule has 0 aliphatic rings. The van der Waals surface area contributed by atoms with Crippen molar-refractivity contribution in [3.05, 3.63) is 65.3 Å². The van der Waals surface area contributed by atoms with E-state index in [4.69, 9.17) is 4.74 Å². The topological polar surface area (TPSA) is 100 Å². The van der Waals surface area contributed by atoms with Crippen molar-refractivity contribution in [2.45, 2.75) is 32.0 Å². The lowest BCUT2D eigenvalue weighted by molar-refractivity contribution is -0.138. The van der Waals surface area contributed by atoms with E-state index in [0.29, 0.717) is 11.3 Å². The van der Waals surface area contributed by atoms with Crippen molar-refractivity contribution in [1.29, 1.82) is 0 Å². The van der Waals surface area contributed by atoms with Crippen LogP contribution in [-0.4, -0.2) is 47.5 Å². The van der Waals surface area contributed by atoms with Gasteiger partial charge in [-0.1, -0.05) is 0 Å². The number of fused-ring (bicyclic) bond motifs is 1. The molecule has 13 heteroatoms. The lowest BCUT2D eigenvalue weighted by atomic mass is 10.0. The van der Waals surface area contributed by atoms with Crippen molar-refractivity contribution >= 4 is 11.4 Å². The van der Waals surface area contributed by atoms with Crippen LogP contribution in [0.4, 0.5) is 17.6 Å². The number of hydrogen-bond acceptors (Lipinski definition) is 7. The van der Waals surface area contributed by atoms with E-state index in [-0.39, 0.29) is 24.1 Å². The van der Waals surface area contributed by atoms with Crippen molar-refractivity contribution in [2.24, 2.45) is 0 Å². The number of Topliss-reactive ketones (excluding diaryl/α,β-unsaturated/α-hetero) is 1. The van der Waals surface area contributed by atoms with Gasteiger partial charge in [0.25, 0.3) is 0 Å². The molecular formula is C20H17F4N7O2. The fraction of sp³-hybridized carbons (Fsp3) is 0.300. The summed E-state index contributed by atoms with van der Waals surface area (Å²) in [5, 5.41) is 11.1. The fourth-order valence-electron chi connectivity index (χ4n) is 3.43. The van der Waals surface area contributed by atoms with Crippen LogP contribution >= 0.6 is 0 Å². The van der Waals surface area contributed by atoms with Crippen LogP contribution in [0.1, 0.15) is 35.4 Å². The summed E-state index contributed by atoms with van der Waals surface area (Å²) in [6.45, 7) is 1.70. The van der Waals surface area contributed by atoms with E-state index in [1.807, 2.05) is 0 Å². The maximum absolute atomic E-state index is 13.6. The van der Waals surface area contributed by atoms with Crippen LogP contribution < -0.4 is 0 Å². The van der Waals surface area contributed by atoms with Crippen LogP contribution in [0.3, 0.4) is 0 Å². The number of carbonyl (C=O) groups is 1. The summed E-state index contributed by atoms with van der Waals surface area (Å²) < 4.78 is 60.9. The molecule has 0 unspecified atom stereocenters. The number of ketones is 1. The number of carbonyl (C=O) groups excluding carboxylic acids is 1. The van der Waals surface area contributed by atoms with E-state index in [0.717, 1.165) is 16.9 Å². The van der Waals surface area contributed by atoms with Gasteiger partial charge in [0.1, 0.15) is 11.3 Å². The van der Waals surface area contributed by atoms with Crippen LogP contribution in [0.2, 0.25) is 0 Å². The Morgan fingerprint density at radius 2 is 1.85 bits per heavy atom. The molecule has 1 atom stereocenters. The highest BCUT2D eigenvalue weighted by molar-refractivity contribution is 5.83. The van der Waals surface area contributed by atoms with E-state index in [9.17, 15) is 22.4 Å². The summed E-state index contributed by atoms with van der Waals surface area (Å²) in [6, 6.07) is 1.99. The van der Waals surface area contributed by atoms with Gasteiger partial charge >= 0.3 is 6.18 Å².